The fourth-order valence-corrected chi connectivity index (χ4v) is 2.38. The van der Waals surface area contributed by atoms with Crippen molar-refractivity contribution < 1.29 is 24.3 Å². The lowest BCUT2D eigenvalue weighted by Crippen LogP contribution is -2.45. The number of hydrogen-bond donors (Lipinski definition) is 4. The van der Waals surface area contributed by atoms with Gasteiger partial charge in [-0.1, -0.05) is 37.0 Å². The third-order valence-electron chi connectivity index (χ3n) is 2.88. The first-order chi connectivity index (χ1) is 11.2. The van der Waals surface area contributed by atoms with E-state index in [-0.39, 0.29) is 23.0 Å². The molecule has 0 aliphatic carbocycles. The van der Waals surface area contributed by atoms with Gasteiger partial charge >= 0.3 is 7.32 Å². The molecule has 1 aromatic rings. The van der Waals surface area contributed by atoms with Crippen LogP contribution in [0, 0.1) is 5.92 Å². The van der Waals surface area contributed by atoms with E-state index in [4.69, 9.17) is 37.9 Å². The fraction of sp³-hybridized carbons (Fsp3) is 0.429. The van der Waals surface area contributed by atoms with E-state index >= 15 is 0 Å². The average molecular weight is 377 g/mol. The lowest BCUT2D eigenvalue weighted by atomic mass is 10.1. The lowest BCUT2D eigenvalue weighted by molar-refractivity contribution is -0.123. The topological polar surface area (TPSA) is 108 Å². The molecular weight excluding hydrogens is 358 g/mol. The average Bonchev–Trinajstić information content (AvgIpc) is 2.43. The van der Waals surface area contributed by atoms with E-state index in [1.807, 2.05) is 13.8 Å². The van der Waals surface area contributed by atoms with Crippen molar-refractivity contribution >= 4 is 42.3 Å². The van der Waals surface area contributed by atoms with Gasteiger partial charge in [0.1, 0.15) is 6.23 Å². The molecule has 2 amide bonds. The van der Waals surface area contributed by atoms with Gasteiger partial charge in [-0.25, -0.2) is 0 Å². The predicted octanol–water partition coefficient (Wildman–Crippen LogP) is 1.20. The van der Waals surface area contributed by atoms with Crippen LogP contribution >= 0.6 is 23.2 Å². The molecule has 10 heteroatoms. The molecule has 1 aromatic carbocycles. The Labute approximate surface area is 150 Å². The van der Waals surface area contributed by atoms with E-state index < -0.39 is 25.4 Å². The first-order valence-corrected chi connectivity index (χ1v) is 7.98. The van der Waals surface area contributed by atoms with E-state index in [0.29, 0.717) is 11.4 Å². The molecule has 1 atom stereocenters. The van der Waals surface area contributed by atoms with Crippen molar-refractivity contribution in [3.63, 3.8) is 0 Å². The Balaban J connectivity index is 2.55. The summed E-state index contributed by atoms with van der Waals surface area (Å²) in [6.07, 6.45) is -0.506. The maximum Gasteiger partial charge on any atom is 0.635 e. The third-order valence-corrected chi connectivity index (χ3v) is 3.43. The van der Waals surface area contributed by atoms with Gasteiger partial charge in [-0.05, 0) is 30.5 Å². The van der Waals surface area contributed by atoms with Gasteiger partial charge in [0.25, 0.3) is 5.91 Å². The van der Waals surface area contributed by atoms with Crippen LogP contribution in [0.25, 0.3) is 0 Å². The van der Waals surface area contributed by atoms with Gasteiger partial charge in [0.05, 0.1) is 17.1 Å². The summed E-state index contributed by atoms with van der Waals surface area (Å²) in [4.78, 5) is 23.9. The molecule has 0 saturated heterocycles. The van der Waals surface area contributed by atoms with Crippen LogP contribution in [0.5, 0.6) is 0 Å². The number of nitrogens with one attached hydrogen (secondary N) is 2. The molecule has 132 valence electrons. The Kier molecular flexibility index (Phi) is 8.51. The van der Waals surface area contributed by atoms with Crippen LogP contribution in [-0.2, 0) is 9.45 Å². The number of benzene rings is 1. The summed E-state index contributed by atoms with van der Waals surface area (Å²) in [5.41, 5.74) is 0.189. The summed E-state index contributed by atoms with van der Waals surface area (Å²) in [5.74, 6) is -0.924. The molecule has 0 aromatic heterocycles. The molecule has 1 rings (SSSR count). The third kappa shape index (κ3) is 7.50. The maximum absolute atomic E-state index is 12.0. The van der Waals surface area contributed by atoms with Gasteiger partial charge in [0.15, 0.2) is 0 Å². The first-order valence-electron chi connectivity index (χ1n) is 7.23. The number of carbonyl (C=O) groups excluding carboxylic acids is 2. The second-order valence-electron chi connectivity index (χ2n) is 5.45. The molecule has 0 radical (unpaired) electrons. The summed E-state index contributed by atoms with van der Waals surface area (Å²) in [5, 5.41) is 23.1. The molecule has 0 spiro atoms. The minimum absolute atomic E-state index is 0.150. The summed E-state index contributed by atoms with van der Waals surface area (Å²) >= 11 is 11.7. The van der Waals surface area contributed by atoms with E-state index in [1.54, 1.807) is 0 Å². The zero-order chi connectivity index (χ0) is 18.3. The minimum Gasteiger partial charge on any atom is -0.402 e. The normalized spacial score (nSPS) is 12.0. The molecule has 0 heterocycles. The molecular formula is C14H19BCl2N2O5. The Morgan fingerprint density at radius 3 is 2.50 bits per heavy atom. The minimum atomic E-state index is -2.00. The van der Waals surface area contributed by atoms with Crippen molar-refractivity contribution in [3.05, 3.63) is 33.8 Å². The first kappa shape index (κ1) is 20.7. The molecule has 24 heavy (non-hydrogen) atoms. The van der Waals surface area contributed by atoms with Crippen LogP contribution in [0.4, 0.5) is 0 Å². The molecule has 0 aliphatic rings. The highest BCUT2D eigenvalue weighted by Gasteiger charge is 2.21. The van der Waals surface area contributed by atoms with Crippen LogP contribution in [0.1, 0.15) is 30.6 Å². The van der Waals surface area contributed by atoms with E-state index in [1.165, 1.54) is 18.2 Å². The van der Waals surface area contributed by atoms with Gasteiger partial charge in [0, 0.05) is 5.02 Å². The van der Waals surface area contributed by atoms with Crippen LogP contribution in [0.15, 0.2) is 18.2 Å². The largest absolute Gasteiger partial charge is 0.635 e. The molecule has 0 saturated carbocycles. The summed E-state index contributed by atoms with van der Waals surface area (Å²) in [7, 11) is -2.00. The van der Waals surface area contributed by atoms with Crippen molar-refractivity contribution in [2.24, 2.45) is 5.92 Å². The van der Waals surface area contributed by atoms with Crippen LogP contribution in [0.3, 0.4) is 0 Å². The number of hydrogen-bond acceptors (Lipinski definition) is 5. The molecule has 0 fully saturated rings. The van der Waals surface area contributed by atoms with E-state index in [2.05, 4.69) is 10.6 Å². The van der Waals surface area contributed by atoms with Crippen molar-refractivity contribution in [2.75, 3.05) is 6.54 Å². The van der Waals surface area contributed by atoms with Gasteiger partial charge in [0.2, 0.25) is 5.91 Å². The van der Waals surface area contributed by atoms with Crippen LogP contribution in [0.2, 0.25) is 10.0 Å². The quantitative estimate of drug-likeness (QED) is 0.402. The Hall–Kier alpha value is -1.32. The van der Waals surface area contributed by atoms with Crippen LogP contribution < -0.4 is 10.6 Å². The SMILES string of the molecule is CC(C)C[C@H](NC(=O)CNC(=O)c1ccc(Cl)cc1Cl)OB(O)O. The Bertz CT molecular complexity index is 576. The zero-order valence-electron chi connectivity index (χ0n) is 13.3. The molecule has 0 aliphatic heterocycles. The van der Waals surface area contributed by atoms with E-state index in [0.717, 1.165) is 0 Å². The molecule has 0 bridgehead atoms. The highest BCUT2D eigenvalue weighted by atomic mass is 35.5. The number of rotatable bonds is 8. The van der Waals surface area contributed by atoms with Gasteiger partial charge in [-0.3, -0.25) is 9.59 Å². The zero-order valence-corrected chi connectivity index (χ0v) is 14.8. The second kappa shape index (κ2) is 9.85. The van der Waals surface area contributed by atoms with Crippen LogP contribution in [-0.4, -0.2) is 42.0 Å². The van der Waals surface area contributed by atoms with Crippen molar-refractivity contribution in [1.82, 2.24) is 10.6 Å². The number of amides is 2. The monoisotopic (exact) mass is 376 g/mol. The highest BCUT2D eigenvalue weighted by Crippen LogP contribution is 2.20. The highest BCUT2D eigenvalue weighted by molar-refractivity contribution is 6.36. The van der Waals surface area contributed by atoms with Gasteiger partial charge in [-0.2, -0.15) is 0 Å². The smallest absolute Gasteiger partial charge is 0.402 e. The molecule has 0 unspecified atom stereocenters. The van der Waals surface area contributed by atoms with Gasteiger partial charge in [-0.15, -0.1) is 0 Å². The summed E-state index contributed by atoms with van der Waals surface area (Å²) in [6.45, 7) is 3.45. The fourth-order valence-electron chi connectivity index (χ4n) is 1.88. The second-order valence-corrected chi connectivity index (χ2v) is 6.30. The van der Waals surface area contributed by atoms with Crippen molar-refractivity contribution in [2.45, 2.75) is 26.5 Å². The Morgan fingerprint density at radius 2 is 1.96 bits per heavy atom. The molecule has 7 nitrogen and oxygen atoms in total. The van der Waals surface area contributed by atoms with Crippen molar-refractivity contribution in [1.29, 1.82) is 0 Å². The summed E-state index contributed by atoms with van der Waals surface area (Å²) < 4.78 is 4.79. The van der Waals surface area contributed by atoms with Crippen molar-refractivity contribution in [3.8, 4) is 0 Å². The van der Waals surface area contributed by atoms with E-state index in [9.17, 15) is 9.59 Å². The van der Waals surface area contributed by atoms with Gasteiger partial charge < -0.3 is 25.3 Å². The predicted molar refractivity (Wildman–Crippen MR) is 91.5 cm³/mol. The Morgan fingerprint density at radius 1 is 1.29 bits per heavy atom. The maximum atomic E-state index is 12.0. The summed E-state index contributed by atoms with van der Waals surface area (Å²) in [6, 6.07) is 4.38. The standard InChI is InChI=1S/C14H19BCl2N2O5/c1-8(2)5-13(24-15(22)23)19-12(20)7-18-14(21)10-4-3-9(16)6-11(10)17/h3-4,6,8,13,22-23H,5,7H2,1-2H3,(H,18,21)(H,19,20)/t13-/m1/s1. The number of carbonyl (C=O) groups is 2. The number of halogens is 2. The molecule has 4 N–H and O–H groups in total. The lowest BCUT2D eigenvalue weighted by Gasteiger charge is -2.21.